The molecule has 4 aromatic rings. The molecule has 1 N–H and O–H groups in total. The number of aryl methyl sites for hydroxylation is 1. The molecule has 21 heavy (non-hydrogen) atoms. The summed E-state index contributed by atoms with van der Waals surface area (Å²) in [5.74, 6) is 0. The summed E-state index contributed by atoms with van der Waals surface area (Å²) in [6, 6.07) is 16.4. The first-order chi connectivity index (χ1) is 10.2. The molecule has 3 heteroatoms. The molecule has 2 aromatic carbocycles. The van der Waals surface area contributed by atoms with Crippen LogP contribution in [0.15, 0.2) is 54.7 Å². The third kappa shape index (κ3) is 1.91. The predicted octanol–water partition coefficient (Wildman–Crippen LogP) is 5.34. The summed E-state index contributed by atoms with van der Waals surface area (Å²) in [5, 5.41) is 3.03. The Morgan fingerprint density at radius 2 is 1.86 bits per heavy atom. The van der Waals surface area contributed by atoms with Crippen molar-refractivity contribution in [2.45, 2.75) is 6.92 Å². The van der Waals surface area contributed by atoms with Gasteiger partial charge in [-0.2, -0.15) is 0 Å². The number of hydrogen-bond donors (Lipinski definition) is 1. The number of rotatable bonds is 1. The van der Waals surface area contributed by atoms with Crippen molar-refractivity contribution in [1.82, 2.24) is 9.97 Å². The van der Waals surface area contributed by atoms with Gasteiger partial charge in [0.1, 0.15) is 0 Å². The summed E-state index contributed by atoms with van der Waals surface area (Å²) in [6.45, 7) is 2.01. The Balaban J connectivity index is 1.98. The SMILES string of the molecule is Cc1ccc2c(-c3ccc4ccccc4n3)c[nH]c2c1Cl. The summed E-state index contributed by atoms with van der Waals surface area (Å²) in [4.78, 5) is 8.03. The molecule has 0 fully saturated rings. The van der Waals surface area contributed by atoms with Gasteiger partial charge in [0.05, 0.1) is 21.7 Å². The van der Waals surface area contributed by atoms with Gasteiger partial charge in [-0.25, -0.2) is 4.98 Å². The van der Waals surface area contributed by atoms with Gasteiger partial charge in [-0.05, 0) is 24.6 Å². The van der Waals surface area contributed by atoms with Crippen LogP contribution in [0.2, 0.25) is 5.02 Å². The van der Waals surface area contributed by atoms with Gasteiger partial charge in [0, 0.05) is 22.5 Å². The minimum atomic E-state index is 0.777. The van der Waals surface area contributed by atoms with E-state index in [0.717, 1.165) is 43.6 Å². The fourth-order valence-electron chi connectivity index (χ4n) is 2.70. The molecule has 0 atom stereocenters. The first-order valence-electron chi connectivity index (χ1n) is 6.86. The second-order valence-electron chi connectivity index (χ2n) is 5.21. The third-order valence-corrected chi connectivity index (χ3v) is 4.35. The minimum Gasteiger partial charge on any atom is -0.359 e. The smallest absolute Gasteiger partial charge is 0.0731 e. The summed E-state index contributed by atoms with van der Waals surface area (Å²) in [7, 11) is 0. The molecule has 0 radical (unpaired) electrons. The quantitative estimate of drug-likeness (QED) is 0.503. The summed E-state index contributed by atoms with van der Waals surface area (Å²) < 4.78 is 0. The molecule has 0 aliphatic heterocycles. The van der Waals surface area contributed by atoms with Crippen LogP contribution < -0.4 is 0 Å². The van der Waals surface area contributed by atoms with Gasteiger partial charge in [-0.3, -0.25) is 0 Å². The van der Waals surface area contributed by atoms with Crippen molar-refractivity contribution in [3.8, 4) is 11.3 Å². The Kier molecular flexibility index (Phi) is 2.72. The number of H-pyrrole nitrogens is 1. The number of aromatic amines is 1. The van der Waals surface area contributed by atoms with Crippen molar-refractivity contribution in [1.29, 1.82) is 0 Å². The highest BCUT2D eigenvalue weighted by molar-refractivity contribution is 6.36. The van der Waals surface area contributed by atoms with Gasteiger partial charge in [-0.1, -0.05) is 48.0 Å². The number of halogens is 1. The molecule has 0 spiro atoms. The van der Waals surface area contributed by atoms with Gasteiger partial charge < -0.3 is 4.98 Å². The van der Waals surface area contributed by atoms with Crippen molar-refractivity contribution in [3.63, 3.8) is 0 Å². The maximum absolute atomic E-state index is 6.37. The van der Waals surface area contributed by atoms with Crippen molar-refractivity contribution >= 4 is 33.4 Å². The van der Waals surface area contributed by atoms with E-state index in [2.05, 4.69) is 29.2 Å². The lowest BCUT2D eigenvalue weighted by Gasteiger charge is -2.03. The number of para-hydroxylation sites is 1. The van der Waals surface area contributed by atoms with Crippen molar-refractivity contribution in [2.75, 3.05) is 0 Å². The Labute approximate surface area is 127 Å². The van der Waals surface area contributed by atoms with Gasteiger partial charge in [0.25, 0.3) is 0 Å². The maximum Gasteiger partial charge on any atom is 0.0731 e. The van der Waals surface area contributed by atoms with Gasteiger partial charge in [0.2, 0.25) is 0 Å². The van der Waals surface area contributed by atoms with E-state index in [1.54, 1.807) is 0 Å². The summed E-state index contributed by atoms with van der Waals surface area (Å²) in [6.07, 6.45) is 1.98. The lowest BCUT2D eigenvalue weighted by Crippen LogP contribution is -1.84. The molecular formula is C18H13ClN2. The van der Waals surface area contributed by atoms with Gasteiger partial charge in [0.15, 0.2) is 0 Å². The number of pyridine rings is 1. The van der Waals surface area contributed by atoms with Crippen molar-refractivity contribution in [2.24, 2.45) is 0 Å². The van der Waals surface area contributed by atoms with Gasteiger partial charge >= 0.3 is 0 Å². The van der Waals surface area contributed by atoms with E-state index in [0.29, 0.717) is 0 Å². The molecule has 102 valence electrons. The molecule has 0 saturated carbocycles. The normalized spacial score (nSPS) is 11.3. The van der Waals surface area contributed by atoms with E-state index in [9.17, 15) is 0 Å². The van der Waals surface area contributed by atoms with Crippen LogP contribution in [-0.2, 0) is 0 Å². The van der Waals surface area contributed by atoms with E-state index >= 15 is 0 Å². The number of nitrogens with zero attached hydrogens (tertiary/aromatic N) is 1. The zero-order valence-electron chi connectivity index (χ0n) is 11.5. The third-order valence-electron chi connectivity index (χ3n) is 3.86. The Morgan fingerprint density at radius 3 is 2.76 bits per heavy atom. The van der Waals surface area contributed by atoms with E-state index in [1.165, 1.54) is 0 Å². The highest BCUT2D eigenvalue weighted by Gasteiger charge is 2.11. The summed E-state index contributed by atoms with van der Waals surface area (Å²) in [5.41, 5.74) is 5.09. The molecule has 2 aromatic heterocycles. The molecule has 0 aliphatic carbocycles. The number of nitrogens with one attached hydrogen (secondary N) is 1. The van der Waals surface area contributed by atoms with Crippen LogP contribution in [0.25, 0.3) is 33.1 Å². The lowest BCUT2D eigenvalue weighted by atomic mass is 10.1. The summed E-state index contributed by atoms with van der Waals surface area (Å²) >= 11 is 6.37. The van der Waals surface area contributed by atoms with E-state index < -0.39 is 0 Å². The number of hydrogen-bond acceptors (Lipinski definition) is 1. The average Bonchev–Trinajstić information content (AvgIpc) is 2.95. The average molecular weight is 293 g/mol. The molecule has 2 nitrogen and oxygen atoms in total. The topological polar surface area (TPSA) is 28.7 Å². The van der Waals surface area contributed by atoms with E-state index in [4.69, 9.17) is 16.6 Å². The predicted molar refractivity (Wildman–Crippen MR) is 88.8 cm³/mol. The van der Waals surface area contributed by atoms with Crippen LogP contribution in [0.3, 0.4) is 0 Å². The van der Waals surface area contributed by atoms with Gasteiger partial charge in [-0.15, -0.1) is 0 Å². The number of aromatic nitrogens is 2. The first-order valence-corrected chi connectivity index (χ1v) is 7.24. The highest BCUT2D eigenvalue weighted by Crippen LogP contribution is 2.33. The monoisotopic (exact) mass is 292 g/mol. The van der Waals surface area contributed by atoms with Crippen LogP contribution in [0.4, 0.5) is 0 Å². The van der Waals surface area contributed by atoms with E-state index in [-0.39, 0.29) is 0 Å². The zero-order chi connectivity index (χ0) is 14.4. The molecular weight excluding hydrogens is 280 g/mol. The Bertz CT molecular complexity index is 969. The molecule has 2 heterocycles. The molecule has 4 rings (SSSR count). The molecule has 0 bridgehead atoms. The molecule has 0 saturated heterocycles. The fraction of sp³-hybridized carbons (Fsp3) is 0.0556. The zero-order valence-corrected chi connectivity index (χ0v) is 12.3. The van der Waals surface area contributed by atoms with Crippen LogP contribution in [-0.4, -0.2) is 9.97 Å². The van der Waals surface area contributed by atoms with Crippen LogP contribution in [0, 0.1) is 6.92 Å². The largest absolute Gasteiger partial charge is 0.359 e. The van der Waals surface area contributed by atoms with E-state index in [1.807, 2.05) is 37.4 Å². The maximum atomic E-state index is 6.37. The number of benzene rings is 2. The second-order valence-corrected chi connectivity index (χ2v) is 5.59. The van der Waals surface area contributed by atoms with Crippen LogP contribution in [0.1, 0.15) is 5.56 Å². The number of fused-ring (bicyclic) bond motifs is 2. The second kappa shape index (κ2) is 4.61. The highest BCUT2D eigenvalue weighted by atomic mass is 35.5. The van der Waals surface area contributed by atoms with Crippen molar-refractivity contribution in [3.05, 3.63) is 65.3 Å². The molecule has 0 unspecified atom stereocenters. The molecule has 0 amide bonds. The van der Waals surface area contributed by atoms with Crippen molar-refractivity contribution < 1.29 is 0 Å². The Hall–Kier alpha value is -2.32. The first kappa shape index (κ1) is 12.4. The standard InChI is InChI=1S/C18H13ClN2/c1-11-6-8-13-14(10-20-18(13)17(11)19)16-9-7-12-4-2-3-5-15(12)21-16/h2-10,20H,1H3. The van der Waals surface area contributed by atoms with Crippen LogP contribution >= 0.6 is 11.6 Å². The fourth-order valence-corrected chi connectivity index (χ4v) is 2.92. The Morgan fingerprint density at radius 1 is 1.00 bits per heavy atom. The lowest BCUT2D eigenvalue weighted by molar-refractivity contribution is 1.39. The molecule has 0 aliphatic rings. The van der Waals surface area contributed by atoms with Crippen LogP contribution in [0.5, 0.6) is 0 Å². The minimum absolute atomic E-state index is 0.777.